The van der Waals surface area contributed by atoms with Gasteiger partial charge in [0, 0.05) is 25.6 Å². The zero-order chi connectivity index (χ0) is 22.5. The molecule has 2 aromatic rings. The summed E-state index contributed by atoms with van der Waals surface area (Å²) in [7, 11) is 1.66. The molecule has 1 aliphatic rings. The molecule has 8 heteroatoms. The van der Waals surface area contributed by atoms with E-state index in [1.165, 1.54) is 23.1 Å². The van der Waals surface area contributed by atoms with E-state index in [0.29, 0.717) is 24.2 Å². The van der Waals surface area contributed by atoms with Gasteiger partial charge in [-0.05, 0) is 54.7 Å². The summed E-state index contributed by atoms with van der Waals surface area (Å²) in [6.07, 6.45) is 2.16. The van der Waals surface area contributed by atoms with Crippen LogP contribution in [0.15, 0.2) is 36.4 Å². The summed E-state index contributed by atoms with van der Waals surface area (Å²) < 4.78 is 33.1. The number of amides is 2. The molecule has 6 nitrogen and oxygen atoms in total. The largest absolute Gasteiger partial charge is 0.415 e. The van der Waals surface area contributed by atoms with Crippen LogP contribution in [-0.4, -0.2) is 36.0 Å². The first-order valence-corrected chi connectivity index (χ1v) is 10.1. The summed E-state index contributed by atoms with van der Waals surface area (Å²) >= 11 is 0. The Labute approximate surface area is 179 Å². The van der Waals surface area contributed by atoms with Gasteiger partial charge in [-0.1, -0.05) is 19.1 Å². The van der Waals surface area contributed by atoms with Crippen LogP contribution in [0.4, 0.5) is 13.6 Å². The second-order valence-electron chi connectivity index (χ2n) is 7.51. The van der Waals surface area contributed by atoms with Gasteiger partial charge < -0.3 is 15.0 Å². The molecule has 1 N–H and O–H groups in total. The molecular weight excluding hydrogens is 404 g/mol. The molecule has 2 aromatic carbocycles. The topological polar surface area (TPSA) is 82.4 Å². The minimum atomic E-state index is -0.931. The highest BCUT2D eigenvalue weighted by Crippen LogP contribution is 2.27. The van der Waals surface area contributed by atoms with E-state index in [4.69, 9.17) is 10.00 Å². The maximum absolute atomic E-state index is 13.8. The lowest BCUT2D eigenvalue weighted by Crippen LogP contribution is -2.39. The van der Waals surface area contributed by atoms with Crippen molar-refractivity contribution < 1.29 is 23.1 Å². The van der Waals surface area contributed by atoms with Crippen LogP contribution in [0.1, 0.15) is 38.2 Å². The smallest absolute Gasteiger partial charge is 0.410 e. The highest BCUT2D eigenvalue weighted by molar-refractivity contribution is 5.76. The van der Waals surface area contributed by atoms with E-state index in [1.807, 2.05) is 0 Å². The average molecular weight is 427 g/mol. The number of nitriles is 1. The van der Waals surface area contributed by atoms with E-state index in [9.17, 15) is 18.4 Å². The van der Waals surface area contributed by atoms with Crippen molar-refractivity contribution in [3.8, 4) is 22.9 Å². The number of benzene rings is 2. The molecule has 0 spiro atoms. The van der Waals surface area contributed by atoms with Crippen LogP contribution in [-0.2, 0) is 4.79 Å². The summed E-state index contributed by atoms with van der Waals surface area (Å²) in [6, 6.07) is 9.92. The second-order valence-corrected chi connectivity index (χ2v) is 7.51. The Morgan fingerprint density at radius 2 is 1.81 bits per heavy atom. The van der Waals surface area contributed by atoms with Gasteiger partial charge in [-0.15, -0.1) is 0 Å². The van der Waals surface area contributed by atoms with Crippen molar-refractivity contribution in [1.82, 2.24) is 10.2 Å². The number of hydrogen-bond donors (Lipinski definition) is 1. The van der Waals surface area contributed by atoms with Crippen LogP contribution in [0, 0.1) is 23.0 Å². The maximum atomic E-state index is 13.8. The summed E-state index contributed by atoms with van der Waals surface area (Å²) in [4.78, 5) is 25.6. The molecule has 0 radical (unpaired) electrons. The van der Waals surface area contributed by atoms with Gasteiger partial charge in [0.15, 0.2) is 0 Å². The molecule has 1 saturated carbocycles. The number of nitrogens with one attached hydrogen (secondary N) is 1. The molecule has 3 rings (SSSR count). The number of nitrogens with zero attached hydrogens (tertiary/aromatic N) is 2. The lowest BCUT2D eigenvalue weighted by atomic mass is 10.0. The Hall–Kier alpha value is -3.47. The van der Waals surface area contributed by atoms with E-state index >= 15 is 0 Å². The van der Waals surface area contributed by atoms with E-state index < -0.39 is 23.3 Å². The standard InChI is InChI=1S/C23H23F2N3O3/c1-3-22(29)27-16-6-7-17(12-16)28(2)23(30)31-18-8-4-14(5-9-18)15-10-20(24)19(13-26)21(25)11-15/h4-5,8-11,16-17H,3,6-7,12H2,1-2H3,(H,27,29)/t16-,17+/m0/s1. The zero-order valence-electron chi connectivity index (χ0n) is 17.3. The van der Waals surface area contributed by atoms with Crippen molar-refractivity contribution >= 4 is 12.0 Å². The average Bonchev–Trinajstić information content (AvgIpc) is 3.21. The molecule has 0 aliphatic heterocycles. The molecule has 0 saturated heterocycles. The van der Waals surface area contributed by atoms with Crippen LogP contribution in [0.25, 0.3) is 11.1 Å². The van der Waals surface area contributed by atoms with Crippen molar-refractivity contribution in [1.29, 1.82) is 5.26 Å². The van der Waals surface area contributed by atoms with Gasteiger partial charge in [0.05, 0.1) is 0 Å². The van der Waals surface area contributed by atoms with Gasteiger partial charge >= 0.3 is 6.09 Å². The van der Waals surface area contributed by atoms with E-state index in [1.54, 1.807) is 26.1 Å². The van der Waals surface area contributed by atoms with Gasteiger partial charge in [0.1, 0.15) is 29.0 Å². The highest BCUT2D eigenvalue weighted by Gasteiger charge is 2.31. The normalized spacial score (nSPS) is 17.6. The van der Waals surface area contributed by atoms with Gasteiger partial charge in [-0.3, -0.25) is 4.79 Å². The second kappa shape index (κ2) is 9.56. The molecule has 1 aliphatic carbocycles. The van der Waals surface area contributed by atoms with E-state index in [-0.39, 0.29) is 23.6 Å². The van der Waals surface area contributed by atoms with Gasteiger partial charge in [0.25, 0.3) is 0 Å². The third-order valence-corrected chi connectivity index (χ3v) is 5.47. The van der Waals surface area contributed by atoms with Crippen LogP contribution < -0.4 is 10.1 Å². The molecule has 162 valence electrons. The fraction of sp³-hybridized carbons (Fsp3) is 0.348. The molecule has 2 atom stereocenters. The number of carbonyl (C=O) groups is 2. The lowest BCUT2D eigenvalue weighted by molar-refractivity contribution is -0.121. The van der Waals surface area contributed by atoms with Crippen LogP contribution >= 0.6 is 0 Å². The molecule has 0 aromatic heterocycles. The van der Waals surface area contributed by atoms with Gasteiger partial charge in [0.2, 0.25) is 5.91 Å². The summed E-state index contributed by atoms with van der Waals surface area (Å²) in [6.45, 7) is 1.80. The van der Waals surface area contributed by atoms with Crippen molar-refractivity contribution in [3.05, 3.63) is 53.6 Å². The number of carbonyl (C=O) groups excluding carboxylic acids is 2. The Bertz CT molecular complexity index is 995. The van der Waals surface area contributed by atoms with Gasteiger partial charge in [-0.2, -0.15) is 5.26 Å². The summed E-state index contributed by atoms with van der Waals surface area (Å²) in [5, 5.41) is 11.7. The Balaban J connectivity index is 1.62. The predicted molar refractivity (Wildman–Crippen MR) is 110 cm³/mol. The Morgan fingerprint density at radius 3 is 2.39 bits per heavy atom. The number of rotatable bonds is 5. The van der Waals surface area contributed by atoms with Crippen molar-refractivity contribution in [3.63, 3.8) is 0 Å². The maximum Gasteiger partial charge on any atom is 0.415 e. The number of halogens is 2. The first-order chi connectivity index (χ1) is 14.8. The first kappa shape index (κ1) is 22.2. The Morgan fingerprint density at radius 1 is 1.16 bits per heavy atom. The summed E-state index contributed by atoms with van der Waals surface area (Å²) in [5.74, 6) is -1.57. The SMILES string of the molecule is CCC(=O)N[C@H]1CC[C@@H](N(C)C(=O)Oc2ccc(-c3cc(F)c(C#N)c(F)c3)cc2)C1. The molecule has 0 heterocycles. The lowest BCUT2D eigenvalue weighted by Gasteiger charge is -2.24. The number of hydrogen-bond acceptors (Lipinski definition) is 4. The molecule has 1 fully saturated rings. The van der Waals surface area contributed by atoms with Crippen molar-refractivity contribution in [2.45, 2.75) is 44.7 Å². The molecule has 31 heavy (non-hydrogen) atoms. The van der Waals surface area contributed by atoms with E-state index in [2.05, 4.69) is 5.32 Å². The van der Waals surface area contributed by atoms with Gasteiger partial charge in [-0.25, -0.2) is 13.6 Å². The quantitative estimate of drug-likeness (QED) is 0.768. The minimum absolute atomic E-state index is 0.00186. The summed E-state index contributed by atoms with van der Waals surface area (Å²) in [5.41, 5.74) is 0.164. The molecule has 0 unspecified atom stereocenters. The molecule has 2 amide bonds. The van der Waals surface area contributed by atoms with Crippen molar-refractivity contribution in [2.24, 2.45) is 0 Å². The fourth-order valence-electron chi connectivity index (χ4n) is 3.65. The molecular formula is C23H23F2N3O3. The minimum Gasteiger partial charge on any atom is -0.410 e. The third kappa shape index (κ3) is 5.18. The van der Waals surface area contributed by atoms with Crippen LogP contribution in [0.3, 0.4) is 0 Å². The van der Waals surface area contributed by atoms with Crippen molar-refractivity contribution in [2.75, 3.05) is 7.05 Å². The highest BCUT2D eigenvalue weighted by atomic mass is 19.1. The van der Waals surface area contributed by atoms with Crippen LogP contribution in [0.5, 0.6) is 5.75 Å². The predicted octanol–water partition coefficient (Wildman–Crippen LogP) is 4.38. The van der Waals surface area contributed by atoms with E-state index in [0.717, 1.165) is 25.0 Å². The fourth-order valence-corrected chi connectivity index (χ4v) is 3.65. The zero-order valence-corrected chi connectivity index (χ0v) is 17.3. The Kier molecular flexibility index (Phi) is 6.85. The number of ether oxygens (including phenoxy) is 1. The van der Waals surface area contributed by atoms with Crippen LogP contribution in [0.2, 0.25) is 0 Å². The molecule has 0 bridgehead atoms. The monoisotopic (exact) mass is 427 g/mol. The first-order valence-electron chi connectivity index (χ1n) is 10.1. The third-order valence-electron chi connectivity index (χ3n) is 5.47.